The molecule has 0 atom stereocenters. The van der Waals surface area contributed by atoms with Crippen molar-refractivity contribution >= 4 is 40.3 Å². The van der Waals surface area contributed by atoms with Crippen LogP contribution in [0.2, 0.25) is 5.02 Å². The van der Waals surface area contributed by atoms with Gasteiger partial charge in [0.15, 0.2) is 11.6 Å². The molecule has 0 unspecified atom stereocenters. The van der Waals surface area contributed by atoms with Crippen LogP contribution in [0.15, 0.2) is 42.7 Å². The summed E-state index contributed by atoms with van der Waals surface area (Å²) in [5, 5.41) is 3.65. The number of halogens is 1. The number of para-hydroxylation sites is 1. The molecule has 1 aliphatic heterocycles. The fourth-order valence-electron chi connectivity index (χ4n) is 3.34. The molecule has 1 aromatic heterocycles. The first-order valence-corrected chi connectivity index (χ1v) is 9.14. The first-order chi connectivity index (χ1) is 13.6. The molecule has 0 saturated carbocycles. The van der Waals surface area contributed by atoms with Crippen LogP contribution in [0.25, 0.3) is 0 Å². The molecule has 2 heterocycles. The van der Waals surface area contributed by atoms with Crippen LogP contribution in [0.5, 0.6) is 11.5 Å². The van der Waals surface area contributed by atoms with Crippen LogP contribution in [-0.2, 0) is 6.42 Å². The van der Waals surface area contributed by atoms with E-state index in [0.29, 0.717) is 39.5 Å². The molecule has 28 heavy (non-hydrogen) atoms. The summed E-state index contributed by atoms with van der Waals surface area (Å²) in [7, 11) is 3.13. The highest BCUT2D eigenvalue weighted by atomic mass is 35.5. The van der Waals surface area contributed by atoms with E-state index in [9.17, 15) is 0 Å². The molecule has 1 aliphatic rings. The second-order valence-corrected chi connectivity index (χ2v) is 6.71. The number of hydrogen-bond donors (Lipinski definition) is 2. The Morgan fingerprint density at radius 2 is 1.89 bits per heavy atom. The monoisotopic (exact) mass is 397 g/mol. The van der Waals surface area contributed by atoms with Crippen molar-refractivity contribution in [1.82, 2.24) is 9.97 Å². The lowest BCUT2D eigenvalue weighted by atomic mass is 10.2. The largest absolute Gasteiger partial charge is 0.495 e. The van der Waals surface area contributed by atoms with Gasteiger partial charge in [0.25, 0.3) is 0 Å². The molecule has 4 rings (SSSR count). The Kier molecular flexibility index (Phi) is 4.83. The van der Waals surface area contributed by atoms with Gasteiger partial charge in [0.2, 0.25) is 0 Å². The number of nitrogens with one attached hydrogen (secondary N) is 1. The normalized spacial score (nSPS) is 12.6. The molecule has 3 aromatic rings. The van der Waals surface area contributed by atoms with Crippen LogP contribution in [0.4, 0.5) is 28.7 Å². The van der Waals surface area contributed by atoms with Crippen molar-refractivity contribution in [1.29, 1.82) is 0 Å². The lowest BCUT2D eigenvalue weighted by molar-refractivity contribution is 0.396. The van der Waals surface area contributed by atoms with Gasteiger partial charge in [-0.25, -0.2) is 9.97 Å². The van der Waals surface area contributed by atoms with E-state index in [0.717, 1.165) is 18.7 Å². The van der Waals surface area contributed by atoms with E-state index in [4.69, 9.17) is 26.8 Å². The van der Waals surface area contributed by atoms with E-state index in [1.165, 1.54) is 11.9 Å². The van der Waals surface area contributed by atoms with E-state index in [1.54, 1.807) is 26.4 Å². The number of ether oxygens (including phenoxy) is 2. The number of benzene rings is 2. The Labute approximate surface area is 168 Å². The van der Waals surface area contributed by atoms with Gasteiger partial charge in [-0.3, -0.25) is 0 Å². The molecule has 7 nitrogen and oxygen atoms in total. The number of aromatic nitrogens is 2. The van der Waals surface area contributed by atoms with Gasteiger partial charge in [-0.2, -0.15) is 0 Å². The van der Waals surface area contributed by atoms with Crippen LogP contribution in [0.3, 0.4) is 0 Å². The lowest BCUT2D eigenvalue weighted by Crippen LogP contribution is -2.17. The Morgan fingerprint density at radius 1 is 1.11 bits per heavy atom. The third-order valence-corrected chi connectivity index (χ3v) is 5.03. The second kappa shape index (κ2) is 7.44. The number of nitrogens with two attached hydrogens (primary N) is 1. The molecule has 144 valence electrons. The number of nitrogens with zero attached hydrogens (tertiary/aromatic N) is 3. The molecular weight excluding hydrogens is 378 g/mol. The highest BCUT2D eigenvalue weighted by molar-refractivity contribution is 6.32. The van der Waals surface area contributed by atoms with Crippen LogP contribution in [-0.4, -0.2) is 30.7 Å². The van der Waals surface area contributed by atoms with Gasteiger partial charge in [-0.05, 0) is 24.1 Å². The molecule has 3 N–H and O–H groups in total. The molecule has 0 aliphatic carbocycles. The van der Waals surface area contributed by atoms with Crippen molar-refractivity contribution < 1.29 is 9.47 Å². The van der Waals surface area contributed by atoms with E-state index in [1.807, 2.05) is 12.1 Å². The lowest BCUT2D eigenvalue weighted by Gasteiger charge is -2.21. The molecule has 0 amide bonds. The van der Waals surface area contributed by atoms with Gasteiger partial charge in [0.1, 0.15) is 23.5 Å². The number of fused-ring (bicyclic) bond motifs is 1. The Morgan fingerprint density at radius 3 is 2.68 bits per heavy atom. The number of methoxy groups -OCH3 is 2. The Hall–Kier alpha value is -3.19. The molecule has 0 saturated heterocycles. The van der Waals surface area contributed by atoms with Gasteiger partial charge in [0.05, 0.1) is 24.9 Å². The van der Waals surface area contributed by atoms with E-state index in [2.05, 4.69) is 32.3 Å². The minimum Gasteiger partial charge on any atom is -0.495 e. The van der Waals surface area contributed by atoms with Crippen LogP contribution in [0, 0.1) is 0 Å². The molecule has 8 heteroatoms. The van der Waals surface area contributed by atoms with Crippen molar-refractivity contribution in [2.75, 3.05) is 36.7 Å². The van der Waals surface area contributed by atoms with Crippen LogP contribution >= 0.6 is 11.6 Å². The summed E-state index contributed by atoms with van der Waals surface area (Å²) < 4.78 is 10.7. The van der Waals surface area contributed by atoms with Crippen molar-refractivity contribution in [3.05, 3.63) is 53.3 Å². The number of hydrogen-bond acceptors (Lipinski definition) is 7. The third kappa shape index (κ3) is 3.14. The molecule has 0 bridgehead atoms. The topological polar surface area (TPSA) is 85.5 Å². The van der Waals surface area contributed by atoms with Gasteiger partial charge >= 0.3 is 0 Å². The third-order valence-electron chi connectivity index (χ3n) is 4.73. The maximum Gasteiger partial charge on any atom is 0.161 e. The first-order valence-electron chi connectivity index (χ1n) is 8.77. The summed E-state index contributed by atoms with van der Waals surface area (Å²) >= 11 is 6.26. The van der Waals surface area contributed by atoms with Crippen molar-refractivity contribution in [3.63, 3.8) is 0 Å². The predicted octanol–water partition coefficient (Wildman–Crippen LogP) is 4.17. The maximum atomic E-state index is 6.43. The second-order valence-electron chi connectivity index (χ2n) is 6.30. The van der Waals surface area contributed by atoms with Gasteiger partial charge in [-0.15, -0.1) is 0 Å². The quantitative estimate of drug-likeness (QED) is 0.668. The molecular formula is C20H20ClN5O2. The number of nitrogen functional groups attached to an aromatic ring is 1. The Bertz CT molecular complexity index is 1030. The average Bonchev–Trinajstić information content (AvgIpc) is 3.14. The summed E-state index contributed by atoms with van der Waals surface area (Å²) in [6, 6.07) is 11.7. The maximum absolute atomic E-state index is 6.43. The van der Waals surface area contributed by atoms with E-state index < -0.39 is 0 Å². The van der Waals surface area contributed by atoms with Crippen molar-refractivity contribution in [2.45, 2.75) is 6.42 Å². The van der Waals surface area contributed by atoms with E-state index >= 15 is 0 Å². The smallest absolute Gasteiger partial charge is 0.161 e. The summed E-state index contributed by atoms with van der Waals surface area (Å²) in [6.07, 6.45) is 2.44. The van der Waals surface area contributed by atoms with Crippen molar-refractivity contribution in [2.24, 2.45) is 0 Å². The minimum atomic E-state index is 0.451. The van der Waals surface area contributed by atoms with Crippen molar-refractivity contribution in [3.8, 4) is 11.5 Å². The fourth-order valence-corrected chi connectivity index (χ4v) is 3.59. The van der Waals surface area contributed by atoms with Gasteiger partial charge in [0, 0.05) is 18.3 Å². The summed E-state index contributed by atoms with van der Waals surface area (Å²) in [5.41, 5.74) is 9.90. The average molecular weight is 398 g/mol. The summed E-state index contributed by atoms with van der Waals surface area (Å²) in [5.74, 6) is 2.23. The highest BCUT2D eigenvalue weighted by Crippen LogP contribution is 2.41. The standard InChI is InChI=1S/C20H20ClN5O2/c1-27-16-10-17(28-2)14(9-13(16)21)25-19-18(22)20(24-11-23-19)26-8-7-12-5-3-4-6-15(12)26/h3-6,9-11H,7-8,22H2,1-2H3,(H,23,24,25). The zero-order valence-corrected chi connectivity index (χ0v) is 16.3. The van der Waals surface area contributed by atoms with Gasteiger partial charge in [-0.1, -0.05) is 29.8 Å². The summed E-state index contributed by atoms with van der Waals surface area (Å²) in [4.78, 5) is 10.8. The van der Waals surface area contributed by atoms with Crippen LogP contribution in [0.1, 0.15) is 5.56 Å². The molecule has 0 fully saturated rings. The zero-order chi connectivity index (χ0) is 19.7. The molecule has 2 aromatic carbocycles. The van der Waals surface area contributed by atoms with E-state index in [-0.39, 0.29) is 0 Å². The Balaban J connectivity index is 1.70. The number of anilines is 5. The predicted molar refractivity (Wildman–Crippen MR) is 111 cm³/mol. The molecule has 0 spiro atoms. The zero-order valence-electron chi connectivity index (χ0n) is 15.6. The summed E-state index contributed by atoms with van der Waals surface area (Å²) in [6.45, 7) is 0.817. The molecule has 0 radical (unpaired) electrons. The SMILES string of the molecule is COc1cc(OC)c(Nc2ncnc(N3CCc4ccccc43)c2N)cc1Cl. The fraction of sp³-hybridized carbons (Fsp3) is 0.200. The minimum absolute atomic E-state index is 0.451. The first kappa shape index (κ1) is 18.2. The van der Waals surface area contributed by atoms with Crippen LogP contribution < -0.4 is 25.4 Å². The van der Waals surface area contributed by atoms with Gasteiger partial charge < -0.3 is 25.4 Å². The number of rotatable bonds is 5. The highest BCUT2D eigenvalue weighted by Gasteiger charge is 2.24.